The molecule has 1 fully saturated rings. The number of nitrogens with one attached hydrogen (secondary N) is 2. The predicted molar refractivity (Wildman–Crippen MR) is 125 cm³/mol. The van der Waals surface area contributed by atoms with Crippen molar-refractivity contribution in [2.24, 2.45) is 11.8 Å². The standard InChI is InChI=1S/C23H36N2O7S/c1-33(31,32)25-22(29)12-8-3-2-7-11-17-18(21(28)15-20(17)27)13-14-19(26)23(30)24-16-9-5-4-6-10-16/h4-6,9-10,17-21,26-28H,2-3,7-8,11-15H2,1H3,(H,24,30)(H,25,29)/t17-,18?,19?,20+,21?/m1/s1. The SMILES string of the molecule is CS(=O)(=O)NC(=O)CCCCCC[C@@H]1C(CCC(O)C(=O)Nc2ccccc2)C(O)C[C@@H]1O. The number of carbonyl (C=O) groups excluding carboxylic acids is 2. The number of hydrogen-bond acceptors (Lipinski definition) is 7. The van der Waals surface area contributed by atoms with Crippen LogP contribution in [-0.2, 0) is 19.6 Å². The van der Waals surface area contributed by atoms with Gasteiger partial charge in [-0.3, -0.25) is 14.3 Å². The number of rotatable bonds is 13. The maximum atomic E-state index is 12.2. The van der Waals surface area contributed by atoms with E-state index >= 15 is 0 Å². The number of aliphatic hydroxyl groups excluding tert-OH is 3. The quantitative estimate of drug-likeness (QED) is 0.266. The minimum absolute atomic E-state index is 0.113. The van der Waals surface area contributed by atoms with Crippen LogP contribution in [0.1, 0.15) is 57.8 Å². The maximum Gasteiger partial charge on any atom is 0.253 e. The molecule has 1 aliphatic carbocycles. The Labute approximate surface area is 195 Å². The number of benzene rings is 1. The van der Waals surface area contributed by atoms with E-state index in [2.05, 4.69) is 5.32 Å². The molecule has 2 rings (SSSR count). The van der Waals surface area contributed by atoms with E-state index in [0.29, 0.717) is 24.9 Å². The average Bonchev–Trinajstić information content (AvgIpc) is 3.00. The zero-order valence-corrected chi connectivity index (χ0v) is 19.8. The largest absolute Gasteiger partial charge is 0.393 e. The Kier molecular flexibility index (Phi) is 10.7. The van der Waals surface area contributed by atoms with Gasteiger partial charge in [0.15, 0.2) is 0 Å². The van der Waals surface area contributed by atoms with Crippen LogP contribution in [0, 0.1) is 11.8 Å². The van der Waals surface area contributed by atoms with Gasteiger partial charge in [0.1, 0.15) is 6.10 Å². The lowest BCUT2D eigenvalue weighted by molar-refractivity contribution is -0.124. The van der Waals surface area contributed by atoms with E-state index in [1.165, 1.54) is 0 Å². The Morgan fingerprint density at radius 2 is 1.61 bits per heavy atom. The Bertz CT molecular complexity index is 863. The van der Waals surface area contributed by atoms with Gasteiger partial charge in [0.05, 0.1) is 18.5 Å². The van der Waals surface area contributed by atoms with E-state index < -0.39 is 40.1 Å². The van der Waals surface area contributed by atoms with Gasteiger partial charge in [-0.25, -0.2) is 8.42 Å². The topological polar surface area (TPSA) is 153 Å². The van der Waals surface area contributed by atoms with Crippen molar-refractivity contribution in [1.29, 1.82) is 0 Å². The Morgan fingerprint density at radius 1 is 1.00 bits per heavy atom. The molecular weight excluding hydrogens is 448 g/mol. The molecule has 10 heteroatoms. The molecule has 2 amide bonds. The summed E-state index contributed by atoms with van der Waals surface area (Å²) >= 11 is 0. The van der Waals surface area contributed by atoms with Gasteiger partial charge in [-0.15, -0.1) is 0 Å². The van der Waals surface area contributed by atoms with Crippen LogP contribution in [0.2, 0.25) is 0 Å². The third kappa shape index (κ3) is 9.79. The lowest BCUT2D eigenvalue weighted by Gasteiger charge is -2.24. The Balaban J connectivity index is 1.71. The fraction of sp³-hybridized carbons (Fsp3) is 0.652. The molecule has 3 unspecified atom stereocenters. The van der Waals surface area contributed by atoms with Crippen molar-refractivity contribution < 1.29 is 33.3 Å². The molecule has 0 radical (unpaired) electrons. The molecule has 0 heterocycles. The first-order chi connectivity index (χ1) is 15.6. The van der Waals surface area contributed by atoms with Crippen molar-refractivity contribution in [1.82, 2.24) is 4.72 Å². The molecule has 186 valence electrons. The Morgan fingerprint density at radius 3 is 2.24 bits per heavy atom. The van der Waals surface area contributed by atoms with Crippen molar-refractivity contribution in [2.75, 3.05) is 11.6 Å². The van der Waals surface area contributed by atoms with Gasteiger partial charge >= 0.3 is 0 Å². The highest BCUT2D eigenvalue weighted by Crippen LogP contribution is 2.39. The van der Waals surface area contributed by atoms with E-state index in [4.69, 9.17) is 0 Å². The zero-order chi connectivity index (χ0) is 24.4. The average molecular weight is 485 g/mol. The molecule has 0 aromatic heterocycles. The fourth-order valence-corrected chi connectivity index (χ4v) is 5.00. The summed E-state index contributed by atoms with van der Waals surface area (Å²) in [5.74, 6) is -1.31. The van der Waals surface area contributed by atoms with Gasteiger partial charge in [0.25, 0.3) is 5.91 Å². The number of carbonyl (C=O) groups is 2. The normalized spacial score (nSPS) is 23.8. The first kappa shape index (κ1) is 27.2. The van der Waals surface area contributed by atoms with Crippen molar-refractivity contribution in [3.05, 3.63) is 30.3 Å². The third-order valence-corrected chi connectivity index (χ3v) is 6.73. The monoisotopic (exact) mass is 484 g/mol. The molecule has 9 nitrogen and oxygen atoms in total. The van der Waals surface area contributed by atoms with Crippen molar-refractivity contribution in [2.45, 2.75) is 76.1 Å². The van der Waals surface area contributed by atoms with Gasteiger partial charge in [-0.05, 0) is 56.1 Å². The molecule has 1 aliphatic rings. The summed E-state index contributed by atoms with van der Waals surface area (Å²) in [6.45, 7) is 0. The summed E-state index contributed by atoms with van der Waals surface area (Å²) in [6.07, 6.45) is 3.14. The van der Waals surface area contributed by atoms with E-state index in [1.807, 2.05) is 10.8 Å². The fourth-order valence-electron chi connectivity index (χ4n) is 4.49. The van der Waals surface area contributed by atoms with E-state index in [0.717, 1.165) is 25.5 Å². The van der Waals surface area contributed by atoms with Crippen LogP contribution in [0.4, 0.5) is 5.69 Å². The Hall–Kier alpha value is -2.01. The van der Waals surface area contributed by atoms with Gasteiger partial charge in [-0.1, -0.05) is 37.5 Å². The van der Waals surface area contributed by atoms with Gasteiger partial charge in [-0.2, -0.15) is 0 Å². The van der Waals surface area contributed by atoms with Crippen LogP contribution in [0.3, 0.4) is 0 Å². The highest BCUT2D eigenvalue weighted by atomic mass is 32.2. The summed E-state index contributed by atoms with van der Waals surface area (Å²) in [5.41, 5.74) is 0.601. The summed E-state index contributed by atoms with van der Waals surface area (Å²) in [7, 11) is -3.53. The molecule has 33 heavy (non-hydrogen) atoms. The molecule has 0 spiro atoms. The highest BCUT2D eigenvalue weighted by Gasteiger charge is 2.41. The summed E-state index contributed by atoms with van der Waals surface area (Å²) < 4.78 is 24.0. The molecule has 1 aromatic carbocycles. The molecule has 5 N–H and O–H groups in total. The number of sulfonamides is 1. The van der Waals surface area contributed by atoms with Gasteiger partial charge < -0.3 is 20.6 Å². The van der Waals surface area contributed by atoms with Crippen LogP contribution in [0.5, 0.6) is 0 Å². The predicted octanol–water partition coefficient (Wildman–Crippen LogP) is 1.54. The first-order valence-corrected chi connectivity index (χ1v) is 13.4. The molecule has 5 atom stereocenters. The highest BCUT2D eigenvalue weighted by molar-refractivity contribution is 7.89. The second-order valence-corrected chi connectivity index (χ2v) is 10.6. The zero-order valence-electron chi connectivity index (χ0n) is 19.0. The number of anilines is 1. The molecule has 1 saturated carbocycles. The van der Waals surface area contributed by atoms with Crippen LogP contribution in [0.15, 0.2) is 30.3 Å². The number of para-hydroxylation sites is 1. The smallest absolute Gasteiger partial charge is 0.253 e. The lowest BCUT2D eigenvalue weighted by Crippen LogP contribution is -2.30. The number of amides is 2. The van der Waals surface area contributed by atoms with Crippen molar-refractivity contribution >= 4 is 27.5 Å². The van der Waals surface area contributed by atoms with Crippen molar-refractivity contribution in [3.63, 3.8) is 0 Å². The minimum Gasteiger partial charge on any atom is -0.393 e. The van der Waals surface area contributed by atoms with E-state index in [1.54, 1.807) is 24.3 Å². The van der Waals surface area contributed by atoms with Crippen LogP contribution in [0.25, 0.3) is 0 Å². The second kappa shape index (κ2) is 13.0. The van der Waals surface area contributed by atoms with Gasteiger partial charge in [0.2, 0.25) is 15.9 Å². The van der Waals surface area contributed by atoms with Gasteiger partial charge in [0, 0.05) is 12.1 Å². The van der Waals surface area contributed by atoms with Crippen LogP contribution in [-0.4, -0.2) is 60.1 Å². The molecule has 0 saturated heterocycles. The third-order valence-electron chi connectivity index (χ3n) is 6.13. The molecule has 0 aliphatic heterocycles. The number of hydrogen-bond donors (Lipinski definition) is 5. The summed E-state index contributed by atoms with van der Waals surface area (Å²) in [6, 6.07) is 8.86. The summed E-state index contributed by atoms with van der Waals surface area (Å²) in [4.78, 5) is 23.7. The summed E-state index contributed by atoms with van der Waals surface area (Å²) in [5, 5.41) is 33.6. The molecule has 0 bridgehead atoms. The van der Waals surface area contributed by atoms with E-state index in [9.17, 15) is 33.3 Å². The number of aliphatic hydroxyl groups is 3. The van der Waals surface area contributed by atoms with E-state index in [-0.39, 0.29) is 31.1 Å². The lowest BCUT2D eigenvalue weighted by atomic mass is 9.85. The van der Waals surface area contributed by atoms with Crippen LogP contribution >= 0.6 is 0 Å². The second-order valence-electron chi connectivity index (χ2n) is 8.90. The molecular formula is C23H36N2O7S. The van der Waals surface area contributed by atoms with Crippen molar-refractivity contribution in [3.8, 4) is 0 Å². The first-order valence-electron chi connectivity index (χ1n) is 11.5. The maximum absolute atomic E-state index is 12.2. The molecule has 1 aromatic rings. The minimum atomic E-state index is -3.53. The van der Waals surface area contributed by atoms with Crippen LogP contribution < -0.4 is 10.0 Å². The number of unbranched alkanes of at least 4 members (excludes halogenated alkanes) is 3.